The van der Waals surface area contributed by atoms with Crippen molar-refractivity contribution in [3.05, 3.63) is 16.6 Å². The summed E-state index contributed by atoms with van der Waals surface area (Å²) in [6.45, 7) is 0.710. The van der Waals surface area contributed by atoms with Gasteiger partial charge in [-0.05, 0) is 19.3 Å². The standard InChI is InChI=1S/C13H20N2OS3/c16-12(14-7-5-13-15-8-10-17-13)4-2-1-3-11-6-9-18-19-11/h8,10-11H,1-7,9H2,(H,14,16). The van der Waals surface area contributed by atoms with E-state index >= 15 is 0 Å². The summed E-state index contributed by atoms with van der Waals surface area (Å²) in [6, 6.07) is 0. The van der Waals surface area contributed by atoms with E-state index in [-0.39, 0.29) is 5.91 Å². The number of carbonyl (C=O) groups excluding carboxylic acids is 1. The zero-order valence-corrected chi connectivity index (χ0v) is 13.4. The minimum absolute atomic E-state index is 0.185. The molecule has 1 aromatic rings. The molecule has 0 bridgehead atoms. The quantitative estimate of drug-likeness (QED) is 0.588. The number of unbranched alkanes of at least 4 members (excludes halogenated alkanes) is 1. The summed E-state index contributed by atoms with van der Waals surface area (Å²) in [5.74, 6) is 1.48. The highest BCUT2D eigenvalue weighted by Crippen LogP contribution is 2.39. The summed E-state index contributed by atoms with van der Waals surface area (Å²) in [5.41, 5.74) is 0. The molecule has 3 nitrogen and oxygen atoms in total. The van der Waals surface area contributed by atoms with Crippen molar-refractivity contribution in [2.24, 2.45) is 0 Å². The number of amides is 1. The van der Waals surface area contributed by atoms with E-state index in [4.69, 9.17) is 0 Å². The van der Waals surface area contributed by atoms with E-state index < -0.39 is 0 Å². The van der Waals surface area contributed by atoms with Crippen LogP contribution < -0.4 is 5.32 Å². The number of nitrogens with one attached hydrogen (secondary N) is 1. The minimum atomic E-state index is 0.185. The Labute approximate surface area is 126 Å². The monoisotopic (exact) mass is 316 g/mol. The summed E-state index contributed by atoms with van der Waals surface area (Å²) in [4.78, 5) is 15.8. The van der Waals surface area contributed by atoms with E-state index in [9.17, 15) is 4.79 Å². The van der Waals surface area contributed by atoms with Crippen LogP contribution in [0.5, 0.6) is 0 Å². The third-order valence-corrected chi connectivity index (χ3v) is 6.90. The number of hydrogen-bond donors (Lipinski definition) is 1. The van der Waals surface area contributed by atoms with Crippen LogP contribution in [0.2, 0.25) is 0 Å². The van der Waals surface area contributed by atoms with Gasteiger partial charge in [-0.1, -0.05) is 28.0 Å². The Bertz CT molecular complexity index is 364. The van der Waals surface area contributed by atoms with Gasteiger partial charge < -0.3 is 5.32 Å². The number of hydrogen-bond acceptors (Lipinski definition) is 5. The van der Waals surface area contributed by atoms with Crippen molar-refractivity contribution >= 4 is 38.8 Å². The maximum atomic E-state index is 11.6. The highest BCUT2D eigenvalue weighted by Gasteiger charge is 2.15. The van der Waals surface area contributed by atoms with Crippen LogP contribution in [0.4, 0.5) is 0 Å². The molecular formula is C13H20N2OS3. The van der Waals surface area contributed by atoms with E-state index in [1.807, 2.05) is 27.0 Å². The molecular weight excluding hydrogens is 296 g/mol. The van der Waals surface area contributed by atoms with Crippen LogP contribution in [0.3, 0.4) is 0 Å². The number of aromatic nitrogens is 1. The SMILES string of the molecule is O=C(CCCCC1CCSS1)NCCc1nccs1. The maximum Gasteiger partial charge on any atom is 0.220 e. The molecule has 0 aromatic carbocycles. The summed E-state index contributed by atoms with van der Waals surface area (Å²) < 4.78 is 0. The summed E-state index contributed by atoms with van der Waals surface area (Å²) in [7, 11) is 4.01. The zero-order valence-electron chi connectivity index (χ0n) is 11.0. The lowest BCUT2D eigenvalue weighted by atomic mass is 10.1. The van der Waals surface area contributed by atoms with Crippen LogP contribution in [0.15, 0.2) is 11.6 Å². The van der Waals surface area contributed by atoms with Gasteiger partial charge in [0.05, 0.1) is 5.01 Å². The molecule has 1 aromatic heterocycles. The molecule has 2 rings (SSSR count). The number of carbonyl (C=O) groups is 1. The smallest absolute Gasteiger partial charge is 0.220 e. The van der Waals surface area contributed by atoms with Crippen molar-refractivity contribution in [2.45, 2.75) is 43.8 Å². The van der Waals surface area contributed by atoms with Gasteiger partial charge in [0, 0.05) is 42.0 Å². The molecule has 2 heterocycles. The first-order valence-corrected chi connectivity index (χ1v) is 10.0. The summed E-state index contributed by atoms with van der Waals surface area (Å²) in [6.07, 6.45) is 8.13. The lowest BCUT2D eigenvalue weighted by molar-refractivity contribution is -0.121. The molecule has 1 atom stereocenters. The average Bonchev–Trinajstić information content (AvgIpc) is 3.07. The fourth-order valence-electron chi connectivity index (χ4n) is 2.00. The molecule has 1 aliphatic heterocycles. The van der Waals surface area contributed by atoms with Crippen LogP contribution in [-0.4, -0.2) is 28.4 Å². The highest BCUT2D eigenvalue weighted by molar-refractivity contribution is 8.77. The van der Waals surface area contributed by atoms with Crippen LogP contribution in [0, 0.1) is 0 Å². The molecule has 6 heteroatoms. The number of rotatable bonds is 8. The first kappa shape index (κ1) is 15.2. The molecule has 1 fully saturated rings. The number of thiazole rings is 1. The lowest BCUT2D eigenvalue weighted by Gasteiger charge is -2.07. The van der Waals surface area contributed by atoms with Gasteiger partial charge in [0.25, 0.3) is 0 Å². The fraction of sp³-hybridized carbons (Fsp3) is 0.692. The molecule has 0 saturated carbocycles. The molecule has 0 radical (unpaired) electrons. The van der Waals surface area contributed by atoms with E-state index in [2.05, 4.69) is 10.3 Å². The molecule has 1 saturated heterocycles. The minimum Gasteiger partial charge on any atom is -0.356 e. The van der Waals surface area contributed by atoms with Crippen LogP contribution in [-0.2, 0) is 11.2 Å². The fourth-order valence-corrected chi connectivity index (χ4v) is 5.64. The van der Waals surface area contributed by atoms with E-state index in [0.29, 0.717) is 13.0 Å². The first-order chi connectivity index (χ1) is 9.34. The van der Waals surface area contributed by atoms with Crippen molar-refractivity contribution in [3.63, 3.8) is 0 Å². The number of nitrogens with zero attached hydrogens (tertiary/aromatic N) is 1. The Kier molecular flexibility index (Phi) is 7.09. The lowest BCUT2D eigenvalue weighted by Crippen LogP contribution is -2.25. The average molecular weight is 317 g/mol. The highest BCUT2D eigenvalue weighted by atomic mass is 33.1. The van der Waals surface area contributed by atoms with Gasteiger partial charge in [0.1, 0.15) is 0 Å². The predicted molar refractivity (Wildman–Crippen MR) is 85.7 cm³/mol. The van der Waals surface area contributed by atoms with E-state index in [1.54, 1.807) is 17.5 Å². The van der Waals surface area contributed by atoms with Crippen LogP contribution in [0.25, 0.3) is 0 Å². The molecule has 1 aliphatic rings. The first-order valence-electron chi connectivity index (χ1n) is 6.78. The molecule has 106 valence electrons. The third kappa shape index (κ3) is 6.19. The van der Waals surface area contributed by atoms with Gasteiger partial charge >= 0.3 is 0 Å². The van der Waals surface area contributed by atoms with E-state index in [1.165, 1.54) is 25.0 Å². The Hall–Kier alpha value is -0.200. The van der Waals surface area contributed by atoms with Crippen molar-refractivity contribution in [1.29, 1.82) is 0 Å². The van der Waals surface area contributed by atoms with Crippen molar-refractivity contribution in [3.8, 4) is 0 Å². The Morgan fingerprint density at radius 1 is 1.47 bits per heavy atom. The Morgan fingerprint density at radius 3 is 3.16 bits per heavy atom. The molecule has 19 heavy (non-hydrogen) atoms. The van der Waals surface area contributed by atoms with Gasteiger partial charge in [-0.3, -0.25) is 4.79 Å². The second kappa shape index (κ2) is 8.87. The third-order valence-electron chi connectivity index (χ3n) is 3.05. The van der Waals surface area contributed by atoms with Crippen molar-refractivity contribution < 1.29 is 4.79 Å². The molecule has 0 aliphatic carbocycles. The summed E-state index contributed by atoms with van der Waals surface area (Å²) in [5, 5.41) is 6.86. The van der Waals surface area contributed by atoms with Crippen molar-refractivity contribution in [2.75, 3.05) is 12.3 Å². The van der Waals surface area contributed by atoms with Gasteiger partial charge in [-0.2, -0.15) is 0 Å². The largest absolute Gasteiger partial charge is 0.356 e. The second-order valence-electron chi connectivity index (χ2n) is 4.60. The molecule has 1 amide bonds. The van der Waals surface area contributed by atoms with Crippen LogP contribution in [0.1, 0.15) is 37.1 Å². The Morgan fingerprint density at radius 2 is 2.42 bits per heavy atom. The van der Waals surface area contributed by atoms with Gasteiger partial charge in [0.15, 0.2) is 0 Å². The predicted octanol–water partition coefficient (Wildman–Crippen LogP) is 3.52. The normalized spacial score (nSPS) is 18.6. The van der Waals surface area contributed by atoms with Gasteiger partial charge in [-0.25, -0.2) is 4.98 Å². The molecule has 1 N–H and O–H groups in total. The maximum absolute atomic E-state index is 11.6. The molecule has 1 unspecified atom stereocenters. The van der Waals surface area contributed by atoms with Crippen LogP contribution >= 0.6 is 32.9 Å². The molecule has 0 spiro atoms. The second-order valence-corrected chi connectivity index (χ2v) is 8.37. The topological polar surface area (TPSA) is 42.0 Å². The van der Waals surface area contributed by atoms with Crippen molar-refractivity contribution in [1.82, 2.24) is 10.3 Å². The zero-order chi connectivity index (χ0) is 13.3. The van der Waals surface area contributed by atoms with Gasteiger partial charge in [-0.15, -0.1) is 11.3 Å². The van der Waals surface area contributed by atoms with Gasteiger partial charge in [0.2, 0.25) is 5.91 Å². The summed E-state index contributed by atoms with van der Waals surface area (Å²) >= 11 is 1.64. The van der Waals surface area contributed by atoms with E-state index in [0.717, 1.165) is 23.1 Å². The Balaban J connectivity index is 1.45.